The van der Waals surface area contributed by atoms with Gasteiger partial charge in [0.25, 0.3) is 17.7 Å². The Kier molecular flexibility index (Phi) is 5.49. The fourth-order valence-electron chi connectivity index (χ4n) is 2.09. The van der Waals surface area contributed by atoms with Crippen molar-refractivity contribution in [2.75, 3.05) is 5.32 Å². The molecule has 26 heavy (non-hydrogen) atoms. The number of amides is 3. The van der Waals surface area contributed by atoms with Gasteiger partial charge in [-0.3, -0.25) is 25.2 Å². The number of aromatic nitrogens is 1. The van der Waals surface area contributed by atoms with Crippen LogP contribution >= 0.6 is 27.3 Å². The predicted molar refractivity (Wildman–Crippen MR) is 102 cm³/mol. The van der Waals surface area contributed by atoms with Crippen molar-refractivity contribution in [3.8, 4) is 0 Å². The minimum atomic E-state index is -0.504. The van der Waals surface area contributed by atoms with Gasteiger partial charge in [0, 0.05) is 21.9 Å². The van der Waals surface area contributed by atoms with Gasteiger partial charge < -0.3 is 10.3 Å². The average Bonchev–Trinajstić information content (AvgIpc) is 3.31. The molecule has 0 fully saturated rings. The van der Waals surface area contributed by atoms with E-state index in [1.165, 1.54) is 17.4 Å². The fraction of sp³-hybridized carbons (Fsp3) is 0. The summed E-state index contributed by atoms with van der Waals surface area (Å²) < 4.78 is 0.725. The number of halogens is 1. The second-order valence-electron chi connectivity index (χ2n) is 5.15. The van der Waals surface area contributed by atoms with Gasteiger partial charge in [-0.05, 0) is 51.6 Å². The van der Waals surface area contributed by atoms with Crippen molar-refractivity contribution in [3.63, 3.8) is 0 Å². The van der Waals surface area contributed by atoms with Gasteiger partial charge in [0.1, 0.15) is 5.69 Å². The van der Waals surface area contributed by atoms with Crippen LogP contribution in [0.3, 0.4) is 0 Å². The molecule has 0 atom stereocenters. The molecule has 3 rings (SSSR count). The van der Waals surface area contributed by atoms with Gasteiger partial charge in [0.05, 0.1) is 4.88 Å². The molecule has 7 nitrogen and oxygen atoms in total. The fourth-order valence-corrected chi connectivity index (χ4v) is 3.05. The highest BCUT2D eigenvalue weighted by Crippen LogP contribution is 2.15. The third kappa shape index (κ3) is 4.38. The Hall–Kier alpha value is -2.91. The number of hydrazine groups is 1. The summed E-state index contributed by atoms with van der Waals surface area (Å²) in [4.78, 5) is 39.5. The van der Waals surface area contributed by atoms with Crippen LogP contribution in [-0.4, -0.2) is 22.7 Å². The lowest BCUT2D eigenvalue weighted by molar-refractivity contribution is 0.0844. The molecule has 9 heteroatoms. The minimum absolute atomic E-state index is 0.247. The molecule has 2 heterocycles. The van der Waals surface area contributed by atoms with Gasteiger partial charge in [0.2, 0.25) is 0 Å². The number of nitrogens with one attached hydrogen (secondary N) is 4. The Balaban J connectivity index is 1.61. The number of anilines is 1. The third-order valence-electron chi connectivity index (χ3n) is 3.31. The summed E-state index contributed by atoms with van der Waals surface area (Å²) in [5.74, 6) is -1.23. The first kappa shape index (κ1) is 17.9. The Morgan fingerprint density at radius 1 is 0.962 bits per heavy atom. The first-order valence-electron chi connectivity index (χ1n) is 7.42. The van der Waals surface area contributed by atoms with Crippen molar-refractivity contribution in [1.29, 1.82) is 0 Å². The van der Waals surface area contributed by atoms with Crippen molar-refractivity contribution in [2.24, 2.45) is 0 Å². The quantitative estimate of drug-likeness (QED) is 0.476. The van der Waals surface area contributed by atoms with Crippen LogP contribution in [0.2, 0.25) is 0 Å². The molecule has 0 saturated heterocycles. The van der Waals surface area contributed by atoms with Crippen LogP contribution in [-0.2, 0) is 0 Å². The molecule has 2 aromatic heterocycles. The molecule has 0 radical (unpaired) electrons. The summed E-state index contributed by atoms with van der Waals surface area (Å²) in [5.41, 5.74) is 5.72. The van der Waals surface area contributed by atoms with Crippen LogP contribution in [0, 0.1) is 0 Å². The second kappa shape index (κ2) is 7.98. The highest BCUT2D eigenvalue weighted by atomic mass is 79.9. The smallest absolute Gasteiger partial charge is 0.286 e. The van der Waals surface area contributed by atoms with Crippen molar-refractivity contribution < 1.29 is 14.4 Å². The molecule has 132 valence electrons. The van der Waals surface area contributed by atoms with E-state index in [2.05, 4.69) is 37.1 Å². The van der Waals surface area contributed by atoms with Crippen LogP contribution in [0.25, 0.3) is 0 Å². The Morgan fingerprint density at radius 2 is 1.77 bits per heavy atom. The molecule has 0 aliphatic rings. The lowest BCUT2D eigenvalue weighted by Gasteiger charge is -2.08. The topological polar surface area (TPSA) is 103 Å². The van der Waals surface area contributed by atoms with E-state index in [-0.39, 0.29) is 5.91 Å². The van der Waals surface area contributed by atoms with Crippen molar-refractivity contribution in [3.05, 3.63) is 74.6 Å². The van der Waals surface area contributed by atoms with Gasteiger partial charge in [-0.15, -0.1) is 11.3 Å². The molecule has 1 aromatic carbocycles. The molecule has 0 aliphatic carbocycles. The van der Waals surface area contributed by atoms with E-state index in [0.29, 0.717) is 21.8 Å². The third-order valence-corrected chi connectivity index (χ3v) is 4.64. The average molecular weight is 433 g/mol. The lowest BCUT2D eigenvalue weighted by atomic mass is 10.2. The SMILES string of the molecule is O=C(NNC(=O)c1cc(Br)c[nH]1)c1cccc(NC(=O)c2cccs2)c1. The van der Waals surface area contributed by atoms with Crippen LogP contribution < -0.4 is 16.2 Å². The number of H-pyrrole nitrogens is 1. The molecule has 0 aliphatic heterocycles. The Labute approximate surface area is 160 Å². The van der Waals surface area contributed by atoms with Crippen molar-refractivity contribution in [1.82, 2.24) is 15.8 Å². The molecule has 3 aromatic rings. The second-order valence-corrected chi connectivity index (χ2v) is 7.02. The first-order valence-corrected chi connectivity index (χ1v) is 9.10. The minimum Gasteiger partial charge on any atom is -0.356 e. The zero-order valence-electron chi connectivity index (χ0n) is 13.2. The molecule has 0 bridgehead atoms. The first-order chi connectivity index (χ1) is 12.5. The molecule has 3 amide bonds. The highest BCUT2D eigenvalue weighted by molar-refractivity contribution is 9.10. The maximum absolute atomic E-state index is 12.2. The number of thiophene rings is 1. The molecular formula is C17H13BrN4O3S. The maximum atomic E-state index is 12.2. The molecule has 4 N–H and O–H groups in total. The van der Waals surface area contributed by atoms with E-state index in [0.717, 1.165) is 4.47 Å². The summed E-state index contributed by atoms with van der Waals surface area (Å²) in [6.45, 7) is 0. The summed E-state index contributed by atoms with van der Waals surface area (Å²) in [6, 6.07) is 11.5. The van der Waals surface area contributed by atoms with E-state index >= 15 is 0 Å². The van der Waals surface area contributed by atoms with E-state index in [1.54, 1.807) is 42.6 Å². The lowest BCUT2D eigenvalue weighted by Crippen LogP contribution is -2.41. The number of carbonyl (C=O) groups is 3. The maximum Gasteiger partial charge on any atom is 0.286 e. The van der Waals surface area contributed by atoms with E-state index in [4.69, 9.17) is 0 Å². The van der Waals surface area contributed by atoms with Crippen LogP contribution in [0.1, 0.15) is 30.5 Å². The van der Waals surface area contributed by atoms with Gasteiger partial charge in [-0.1, -0.05) is 12.1 Å². The Morgan fingerprint density at radius 3 is 2.46 bits per heavy atom. The number of aromatic amines is 1. The standard InChI is InChI=1S/C17H13BrN4O3S/c18-11-8-13(19-9-11)16(24)22-21-15(23)10-3-1-4-12(7-10)20-17(25)14-5-2-6-26-14/h1-9,19H,(H,20,25)(H,21,23)(H,22,24). The van der Waals surface area contributed by atoms with E-state index < -0.39 is 11.8 Å². The van der Waals surface area contributed by atoms with Gasteiger partial charge in [-0.25, -0.2) is 0 Å². The molecule has 0 spiro atoms. The van der Waals surface area contributed by atoms with Crippen molar-refractivity contribution >= 4 is 50.7 Å². The number of hydrogen-bond donors (Lipinski definition) is 4. The van der Waals surface area contributed by atoms with Gasteiger partial charge in [-0.2, -0.15) is 0 Å². The van der Waals surface area contributed by atoms with Gasteiger partial charge in [0.15, 0.2) is 0 Å². The van der Waals surface area contributed by atoms with Crippen molar-refractivity contribution in [2.45, 2.75) is 0 Å². The zero-order valence-corrected chi connectivity index (χ0v) is 15.6. The predicted octanol–water partition coefficient (Wildman–Crippen LogP) is 3.17. The number of benzene rings is 1. The number of rotatable bonds is 4. The number of carbonyl (C=O) groups excluding carboxylic acids is 3. The monoisotopic (exact) mass is 432 g/mol. The van der Waals surface area contributed by atoms with E-state index in [1.807, 2.05) is 5.38 Å². The summed E-state index contributed by atoms with van der Waals surface area (Å²) in [5, 5.41) is 4.54. The normalized spacial score (nSPS) is 10.2. The zero-order chi connectivity index (χ0) is 18.5. The van der Waals surface area contributed by atoms with E-state index in [9.17, 15) is 14.4 Å². The molecule has 0 unspecified atom stereocenters. The van der Waals surface area contributed by atoms with Crippen LogP contribution in [0.4, 0.5) is 5.69 Å². The highest BCUT2D eigenvalue weighted by Gasteiger charge is 2.12. The summed E-state index contributed by atoms with van der Waals surface area (Å²) in [7, 11) is 0. The number of hydrogen-bond acceptors (Lipinski definition) is 4. The van der Waals surface area contributed by atoms with Crippen LogP contribution in [0.15, 0.2) is 58.5 Å². The summed E-state index contributed by atoms with van der Waals surface area (Å²) >= 11 is 4.55. The largest absolute Gasteiger partial charge is 0.356 e. The Bertz CT molecular complexity index is 953. The van der Waals surface area contributed by atoms with Crippen LogP contribution in [0.5, 0.6) is 0 Å². The molecular weight excluding hydrogens is 420 g/mol. The molecule has 0 saturated carbocycles. The summed E-state index contributed by atoms with van der Waals surface area (Å²) in [6.07, 6.45) is 1.61. The van der Waals surface area contributed by atoms with Gasteiger partial charge >= 0.3 is 0 Å².